The third-order valence-electron chi connectivity index (χ3n) is 3.92. The van der Waals surface area contributed by atoms with E-state index in [0.717, 1.165) is 28.4 Å². The van der Waals surface area contributed by atoms with Gasteiger partial charge in [0.25, 0.3) is 5.91 Å². The molecule has 1 atom stereocenters. The number of rotatable bonds is 3. The second kappa shape index (κ2) is 6.52. The number of nitrogens with one attached hydrogen (secondary N) is 1. The molecule has 3 rings (SSSR count). The maximum absolute atomic E-state index is 12.4. The summed E-state index contributed by atoms with van der Waals surface area (Å²) < 4.78 is 0. The van der Waals surface area contributed by atoms with Gasteiger partial charge < -0.3 is 11.1 Å². The number of nitrogens with zero attached hydrogens (tertiary/aromatic N) is 3. The van der Waals surface area contributed by atoms with Gasteiger partial charge in [0.2, 0.25) is 0 Å². The second-order valence-corrected chi connectivity index (χ2v) is 8.20. The molecule has 0 spiro atoms. The summed E-state index contributed by atoms with van der Waals surface area (Å²) >= 11 is 2.95. The van der Waals surface area contributed by atoms with Gasteiger partial charge in [0, 0.05) is 11.9 Å². The summed E-state index contributed by atoms with van der Waals surface area (Å²) in [6.45, 7) is 5.77. The summed E-state index contributed by atoms with van der Waals surface area (Å²) in [7, 11) is 0. The van der Waals surface area contributed by atoms with Crippen molar-refractivity contribution in [3.05, 3.63) is 39.6 Å². The van der Waals surface area contributed by atoms with E-state index in [1.165, 1.54) is 11.3 Å². The number of carbonyl (C=O) groups is 1. The number of hydrogen-bond donors (Lipinski definition) is 2. The van der Waals surface area contributed by atoms with E-state index in [1.807, 2.05) is 26.8 Å². The molecular formula is C16H19N5OS2. The van der Waals surface area contributed by atoms with Gasteiger partial charge >= 0.3 is 0 Å². The van der Waals surface area contributed by atoms with Gasteiger partial charge in [-0.25, -0.2) is 4.98 Å². The molecule has 0 saturated heterocycles. The largest absolute Gasteiger partial charge is 0.379 e. The number of thiazole rings is 1. The molecular weight excluding hydrogens is 342 g/mol. The summed E-state index contributed by atoms with van der Waals surface area (Å²) in [5.41, 5.74) is 7.81. The molecule has 1 amide bonds. The molecule has 0 radical (unpaired) electrons. The molecule has 3 heterocycles. The molecule has 126 valence electrons. The van der Waals surface area contributed by atoms with Crippen LogP contribution in [-0.4, -0.2) is 26.8 Å². The predicted octanol–water partition coefficient (Wildman–Crippen LogP) is 3.07. The highest BCUT2D eigenvalue weighted by molar-refractivity contribution is 8.13. The van der Waals surface area contributed by atoms with Gasteiger partial charge in [-0.1, -0.05) is 11.8 Å². The summed E-state index contributed by atoms with van der Waals surface area (Å²) in [4.78, 5) is 26.2. The number of aromatic nitrogens is 2. The van der Waals surface area contributed by atoms with Crippen LogP contribution in [-0.2, 0) is 5.54 Å². The summed E-state index contributed by atoms with van der Waals surface area (Å²) in [5, 5.41) is 4.37. The molecule has 2 aromatic heterocycles. The molecule has 0 fully saturated rings. The van der Waals surface area contributed by atoms with E-state index in [0.29, 0.717) is 15.7 Å². The van der Waals surface area contributed by atoms with Gasteiger partial charge in [-0.2, -0.15) is 0 Å². The molecule has 1 aliphatic rings. The Morgan fingerprint density at radius 1 is 1.38 bits per heavy atom. The van der Waals surface area contributed by atoms with Crippen molar-refractivity contribution in [2.45, 2.75) is 32.7 Å². The Morgan fingerprint density at radius 2 is 2.17 bits per heavy atom. The van der Waals surface area contributed by atoms with Crippen LogP contribution in [0.1, 0.15) is 39.3 Å². The minimum atomic E-state index is -0.403. The Balaban J connectivity index is 1.85. The van der Waals surface area contributed by atoms with Crippen molar-refractivity contribution in [3.8, 4) is 0 Å². The number of amidine groups is 1. The SMILES string of the molecule is Cc1nc(C)c(C(=O)Nc2cncc([C@]3(C)CCSC(N)=N3)c2)s1. The van der Waals surface area contributed by atoms with Crippen LogP contribution in [0, 0.1) is 13.8 Å². The first-order valence-electron chi connectivity index (χ1n) is 7.56. The Kier molecular flexibility index (Phi) is 4.60. The molecule has 0 unspecified atom stereocenters. The fourth-order valence-electron chi connectivity index (χ4n) is 2.63. The minimum absolute atomic E-state index is 0.163. The smallest absolute Gasteiger partial charge is 0.267 e. The number of aliphatic imine (C=N–C) groups is 1. The number of aryl methyl sites for hydroxylation is 2. The van der Waals surface area contributed by atoms with Crippen LogP contribution in [0.3, 0.4) is 0 Å². The van der Waals surface area contributed by atoms with Crippen LogP contribution in [0.15, 0.2) is 23.5 Å². The second-order valence-electron chi connectivity index (χ2n) is 5.89. The molecule has 2 aromatic rings. The van der Waals surface area contributed by atoms with Gasteiger partial charge in [-0.15, -0.1) is 11.3 Å². The minimum Gasteiger partial charge on any atom is -0.379 e. The van der Waals surface area contributed by atoms with Crippen LogP contribution in [0.4, 0.5) is 5.69 Å². The van der Waals surface area contributed by atoms with Crippen molar-refractivity contribution < 1.29 is 4.79 Å². The van der Waals surface area contributed by atoms with Crippen LogP contribution in [0.5, 0.6) is 0 Å². The molecule has 0 saturated carbocycles. The lowest BCUT2D eigenvalue weighted by molar-refractivity contribution is 0.102. The van der Waals surface area contributed by atoms with E-state index in [2.05, 4.69) is 20.3 Å². The van der Waals surface area contributed by atoms with E-state index in [9.17, 15) is 4.79 Å². The summed E-state index contributed by atoms with van der Waals surface area (Å²) in [6.07, 6.45) is 4.30. The lowest BCUT2D eigenvalue weighted by atomic mass is 9.91. The van der Waals surface area contributed by atoms with Crippen LogP contribution >= 0.6 is 23.1 Å². The van der Waals surface area contributed by atoms with E-state index in [-0.39, 0.29) is 5.91 Å². The van der Waals surface area contributed by atoms with Crippen molar-refractivity contribution in [1.82, 2.24) is 9.97 Å². The number of nitrogens with two attached hydrogens (primary N) is 1. The maximum Gasteiger partial charge on any atom is 0.267 e. The van der Waals surface area contributed by atoms with Crippen molar-refractivity contribution in [3.63, 3.8) is 0 Å². The van der Waals surface area contributed by atoms with Gasteiger partial charge in [0.1, 0.15) is 4.88 Å². The highest BCUT2D eigenvalue weighted by Gasteiger charge is 2.30. The average molecular weight is 361 g/mol. The predicted molar refractivity (Wildman–Crippen MR) is 99.8 cm³/mol. The molecule has 3 N–H and O–H groups in total. The van der Waals surface area contributed by atoms with E-state index in [1.54, 1.807) is 24.2 Å². The Bertz CT molecular complexity index is 817. The molecule has 0 aromatic carbocycles. The quantitative estimate of drug-likeness (QED) is 0.876. The van der Waals surface area contributed by atoms with Crippen LogP contribution in [0.2, 0.25) is 0 Å². The van der Waals surface area contributed by atoms with Crippen LogP contribution in [0.25, 0.3) is 0 Å². The van der Waals surface area contributed by atoms with Crippen LogP contribution < -0.4 is 11.1 Å². The first-order chi connectivity index (χ1) is 11.4. The number of amides is 1. The molecule has 6 nitrogen and oxygen atoms in total. The third kappa shape index (κ3) is 3.44. The topological polar surface area (TPSA) is 93.3 Å². The highest BCUT2D eigenvalue weighted by atomic mass is 32.2. The fourth-order valence-corrected chi connectivity index (χ4v) is 4.42. The zero-order valence-corrected chi connectivity index (χ0v) is 15.4. The monoisotopic (exact) mass is 361 g/mol. The van der Waals surface area contributed by atoms with Gasteiger partial charge in [0.05, 0.1) is 28.1 Å². The van der Waals surface area contributed by atoms with Crippen molar-refractivity contribution in [2.75, 3.05) is 11.1 Å². The van der Waals surface area contributed by atoms with Gasteiger partial charge in [0.15, 0.2) is 5.17 Å². The lowest BCUT2D eigenvalue weighted by Crippen LogP contribution is -2.29. The van der Waals surface area contributed by atoms with Gasteiger partial charge in [-0.3, -0.25) is 14.8 Å². The van der Waals surface area contributed by atoms with Gasteiger partial charge in [-0.05, 0) is 38.8 Å². The Morgan fingerprint density at radius 3 is 2.83 bits per heavy atom. The molecule has 1 aliphatic heterocycles. The Labute approximate surface area is 149 Å². The van der Waals surface area contributed by atoms with Crippen molar-refractivity contribution in [1.29, 1.82) is 0 Å². The molecule has 8 heteroatoms. The summed E-state index contributed by atoms with van der Waals surface area (Å²) in [6, 6.07) is 1.92. The molecule has 24 heavy (non-hydrogen) atoms. The molecule has 0 bridgehead atoms. The van der Waals surface area contributed by atoms with E-state index >= 15 is 0 Å². The zero-order chi connectivity index (χ0) is 17.3. The maximum atomic E-state index is 12.4. The van der Waals surface area contributed by atoms with E-state index in [4.69, 9.17) is 5.73 Å². The van der Waals surface area contributed by atoms with Crippen molar-refractivity contribution >= 4 is 39.9 Å². The standard InChI is InChI=1S/C16H19N5OS2/c1-9-13(24-10(2)19-9)14(22)20-12-6-11(7-18-8-12)16(3)4-5-23-15(17)21-16/h6-8H,4-5H2,1-3H3,(H2,17,21)(H,20,22)/t16-/m0/s1. The zero-order valence-electron chi connectivity index (χ0n) is 13.8. The fraction of sp³-hybridized carbons (Fsp3) is 0.375. The van der Waals surface area contributed by atoms with E-state index < -0.39 is 5.54 Å². The lowest BCUT2D eigenvalue weighted by Gasteiger charge is -2.29. The average Bonchev–Trinajstić information content (AvgIpc) is 2.86. The Hall–Kier alpha value is -1.93. The number of hydrogen-bond acceptors (Lipinski definition) is 7. The first kappa shape index (κ1) is 16.9. The normalized spacial score (nSPS) is 20.5. The number of carbonyl (C=O) groups excluding carboxylic acids is 1. The number of pyridine rings is 1. The number of thioether (sulfide) groups is 1. The molecule has 0 aliphatic carbocycles. The first-order valence-corrected chi connectivity index (χ1v) is 9.37. The third-order valence-corrected chi connectivity index (χ3v) is 5.79. The number of anilines is 1. The highest BCUT2D eigenvalue weighted by Crippen LogP contribution is 2.35. The summed E-state index contributed by atoms with van der Waals surface area (Å²) in [5.74, 6) is 0.756. The van der Waals surface area contributed by atoms with Crippen molar-refractivity contribution in [2.24, 2.45) is 10.7 Å².